The zero-order valence-electron chi connectivity index (χ0n) is 12.2. The maximum absolute atomic E-state index is 12.5. The van der Waals surface area contributed by atoms with Gasteiger partial charge in [0.05, 0.1) is 0 Å². The summed E-state index contributed by atoms with van der Waals surface area (Å²) >= 11 is 5.97. The monoisotopic (exact) mass is 315 g/mol. The van der Waals surface area contributed by atoms with E-state index in [1.165, 1.54) is 18.9 Å². The summed E-state index contributed by atoms with van der Waals surface area (Å²) in [6.45, 7) is 2.07. The Labute approximate surface area is 129 Å². The van der Waals surface area contributed by atoms with Gasteiger partial charge in [-0.3, -0.25) is 0 Å². The Balaban J connectivity index is 2.22. The quantitative estimate of drug-likeness (QED) is 0.785. The van der Waals surface area contributed by atoms with Crippen LogP contribution in [0.1, 0.15) is 32.3 Å². The fourth-order valence-electron chi connectivity index (χ4n) is 2.01. The minimum Gasteiger partial charge on any atom is -0.434 e. The highest BCUT2D eigenvalue weighted by molar-refractivity contribution is 6.30. The Bertz CT molecular complexity index is 513. The van der Waals surface area contributed by atoms with Gasteiger partial charge < -0.3 is 10.1 Å². The zero-order chi connectivity index (χ0) is 15.4. The van der Waals surface area contributed by atoms with Crippen molar-refractivity contribution in [1.29, 1.82) is 0 Å². The van der Waals surface area contributed by atoms with Crippen LogP contribution in [0.4, 0.5) is 8.78 Å². The predicted octanol–water partition coefficient (Wildman–Crippen LogP) is 4.73. The molecule has 1 fully saturated rings. The zero-order valence-corrected chi connectivity index (χ0v) is 13.0. The summed E-state index contributed by atoms with van der Waals surface area (Å²) in [5, 5.41) is 3.94. The maximum Gasteiger partial charge on any atom is 0.387 e. The molecule has 1 saturated carbocycles. The summed E-state index contributed by atoms with van der Waals surface area (Å²) in [4.78, 5) is 0. The fraction of sp³-hybridized carbons (Fsp3) is 0.500. The Kier molecular flexibility index (Phi) is 5.59. The van der Waals surface area contributed by atoms with Gasteiger partial charge in [-0.1, -0.05) is 37.1 Å². The van der Waals surface area contributed by atoms with E-state index in [1.807, 2.05) is 6.08 Å². The van der Waals surface area contributed by atoms with Crippen LogP contribution < -0.4 is 10.1 Å². The number of halogens is 3. The first-order chi connectivity index (χ1) is 9.95. The minimum absolute atomic E-state index is 0.152. The second-order valence-corrected chi connectivity index (χ2v) is 6.03. The van der Waals surface area contributed by atoms with Gasteiger partial charge in [-0.15, -0.1) is 0 Å². The summed E-state index contributed by atoms with van der Waals surface area (Å²) in [7, 11) is 0. The molecule has 0 atom stereocenters. The van der Waals surface area contributed by atoms with Gasteiger partial charge >= 0.3 is 6.61 Å². The van der Waals surface area contributed by atoms with Gasteiger partial charge in [0.25, 0.3) is 0 Å². The van der Waals surface area contributed by atoms with Gasteiger partial charge in [0.2, 0.25) is 0 Å². The maximum atomic E-state index is 12.5. The molecule has 0 radical (unpaired) electrons. The average Bonchev–Trinajstić information content (AvgIpc) is 3.20. The summed E-state index contributed by atoms with van der Waals surface area (Å²) in [5.74, 6) is 0.466. The highest BCUT2D eigenvalue weighted by Crippen LogP contribution is 2.28. The van der Waals surface area contributed by atoms with E-state index in [4.69, 9.17) is 11.6 Å². The molecular weight excluding hydrogens is 296 g/mol. The molecule has 2 rings (SSSR count). The lowest BCUT2D eigenvalue weighted by Crippen LogP contribution is -2.21. The fourth-order valence-corrected chi connectivity index (χ4v) is 2.19. The standard InChI is InChI=1S/C16H20ClF2NO/c1-10(2)12(9-20-14-4-5-14)7-11-8-13(17)3-6-15(11)21-16(18)19/h3,6-8,10,14,16,20H,4-5,9H2,1-2H3. The van der Waals surface area contributed by atoms with Crippen molar-refractivity contribution in [2.45, 2.75) is 39.3 Å². The van der Waals surface area contributed by atoms with Crippen molar-refractivity contribution in [3.8, 4) is 5.75 Å². The van der Waals surface area contributed by atoms with E-state index < -0.39 is 6.61 Å². The molecule has 1 aromatic rings. The second-order valence-electron chi connectivity index (χ2n) is 5.59. The molecule has 1 aromatic carbocycles. The van der Waals surface area contributed by atoms with Crippen LogP contribution in [0.5, 0.6) is 5.75 Å². The molecule has 0 spiro atoms. The molecule has 0 bridgehead atoms. The topological polar surface area (TPSA) is 21.3 Å². The number of alkyl halides is 2. The third kappa shape index (κ3) is 5.29. The van der Waals surface area contributed by atoms with E-state index in [0.29, 0.717) is 22.5 Å². The normalized spacial score (nSPS) is 15.9. The molecule has 0 saturated heterocycles. The molecule has 0 amide bonds. The van der Waals surface area contributed by atoms with Gasteiger partial charge in [-0.2, -0.15) is 8.78 Å². The van der Waals surface area contributed by atoms with Crippen molar-refractivity contribution in [1.82, 2.24) is 5.32 Å². The van der Waals surface area contributed by atoms with E-state index in [2.05, 4.69) is 23.9 Å². The molecule has 0 heterocycles. The Morgan fingerprint density at radius 3 is 2.71 bits per heavy atom. The van der Waals surface area contributed by atoms with E-state index in [1.54, 1.807) is 12.1 Å². The van der Waals surface area contributed by atoms with E-state index in [0.717, 1.165) is 12.1 Å². The highest BCUT2D eigenvalue weighted by atomic mass is 35.5. The van der Waals surface area contributed by atoms with Crippen LogP contribution >= 0.6 is 11.6 Å². The summed E-state index contributed by atoms with van der Waals surface area (Å²) in [6.07, 6.45) is 4.31. The van der Waals surface area contributed by atoms with Crippen molar-refractivity contribution in [2.24, 2.45) is 5.92 Å². The summed E-state index contributed by atoms with van der Waals surface area (Å²) < 4.78 is 29.5. The van der Waals surface area contributed by atoms with Crippen molar-refractivity contribution in [2.75, 3.05) is 6.54 Å². The SMILES string of the molecule is CC(C)C(=Cc1cc(Cl)ccc1OC(F)F)CNC1CC1. The van der Waals surface area contributed by atoms with Gasteiger partial charge in [0.1, 0.15) is 5.75 Å². The number of ether oxygens (including phenoxy) is 1. The van der Waals surface area contributed by atoms with Crippen molar-refractivity contribution in [3.05, 3.63) is 34.4 Å². The first-order valence-corrected chi connectivity index (χ1v) is 7.51. The number of benzene rings is 1. The molecule has 5 heteroatoms. The van der Waals surface area contributed by atoms with Crippen molar-refractivity contribution < 1.29 is 13.5 Å². The van der Waals surface area contributed by atoms with E-state index >= 15 is 0 Å². The van der Waals surface area contributed by atoms with Crippen LogP contribution in [0.3, 0.4) is 0 Å². The molecule has 0 unspecified atom stereocenters. The van der Waals surface area contributed by atoms with E-state index in [9.17, 15) is 8.78 Å². The van der Waals surface area contributed by atoms with Gasteiger partial charge in [0, 0.05) is 23.2 Å². The Morgan fingerprint density at radius 1 is 1.43 bits per heavy atom. The summed E-state index contributed by atoms with van der Waals surface area (Å²) in [5.41, 5.74) is 1.73. The molecule has 116 valence electrons. The van der Waals surface area contributed by atoms with Crippen LogP contribution in [0.2, 0.25) is 5.02 Å². The van der Waals surface area contributed by atoms with Gasteiger partial charge in [-0.05, 0) is 37.0 Å². The lowest BCUT2D eigenvalue weighted by Gasteiger charge is -2.14. The van der Waals surface area contributed by atoms with Crippen LogP contribution in [-0.2, 0) is 0 Å². The molecule has 1 aliphatic carbocycles. The molecule has 1 aliphatic rings. The van der Waals surface area contributed by atoms with Crippen LogP contribution in [0.15, 0.2) is 23.8 Å². The van der Waals surface area contributed by atoms with Crippen LogP contribution in [0.25, 0.3) is 6.08 Å². The number of hydrogen-bond acceptors (Lipinski definition) is 2. The second kappa shape index (κ2) is 7.23. The Hall–Kier alpha value is -1.13. The van der Waals surface area contributed by atoms with E-state index in [-0.39, 0.29) is 5.75 Å². The lowest BCUT2D eigenvalue weighted by molar-refractivity contribution is -0.0499. The largest absolute Gasteiger partial charge is 0.434 e. The molecule has 0 aromatic heterocycles. The smallest absolute Gasteiger partial charge is 0.387 e. The first kappa shape index (κ1) is 16.2. The summed E-state index contributed by atoms with van der Waals surface area (Å²) in [6, 6.07) is 5.28. The molecule has 1 N–H and O–H groups in total. The molecule has 21 heavy (non-hydrogen) atoms. The average molecular weight is 316 g/mol. The number of hydrogen-bond donors (Lipinski definition) is 1. The van der Waals surface area contributed by atoms with Crippen LogP contribution in [0, 0.1) is 5.92 Å². The highest BCUT2D eigenvalue weighted by Gasteiger charge is 2.21. The predicted molar refractivity (Wildman–Crippen MR) is 81.9 cm³/mol. The van der Waals surface area contributed by atoms with Gasteiger partial charge in [-0.25, -0.2) is 0 Å². The van der Waals surface area contributed by atoms with Crippen molar-refractivity contribution >= 4 is 17.7 Å². The molecular formula is C16H20ClF2NO. The first-order valence-electron chi connectivity index (χ1n) is 7.14. The third-order valence-electron chi connectivity index (χ3n) is 3.44. The van der Waals surface area contributed by atoms with Crippen LogP contribution in [-0.4, -0.2) is 19.2 Å². The Morgan fingerprint density at radius 2 is 2.14 bits per heavy atom. The minimum atomic E-state index is -2.84. The molecule has 0 aliphatic heterocycles. The van der Waals surface area contributed by atoms with Crippen molar-refractivity contribution in [3.63, 3.8) is 0 Å². The lowest BCUT2D eigenvalue weighted by atomic mass is 9.99. The van der Waals surface area contributed by atoms with Gasteiger partial charge in [0.15, 0.2) is 0 Å². The number of nitrogens with one attached hydrogen (secondary N) is 1. The number of rotatable bonds is 7. The molecule has 2 nitrogen and oxygen atoms in total. The third-order valence-corrected chi connectivity index (χ3v) is 3.68.